The molecule has 1 fully saturated rings. The van der Waals surface area contributed by atoms with Crippen molar-refractivity contribution >= 4 is 22.7 Å². The molecule has 0 amide bonds. The Morgan fingerprint density at radius 3 is 3.06 bits per heavy atom. The Labute approximate surface area is 97.2 Å². The number of rotatable bonds is 4. The van der Waals surface area contributed by atoms with Crippen molar-refractivity contribution in [3.05, 3.63) is 28.3 Å². The van der Waals surface area contributed by atoms with Gasteiger partial charge >= 0.3 is 0 Å². The first-order valence-corrected chi connectivity index (χ1v) is 5.60. The van der Waals surface area contributed by atoms with Crippen LogP contribution in [0.2, 0.25) is 0 Å². The van der Waals surface area contributed by atoms with Crippen molar-refractivity contribution in [2.24, 2.45) is 5.92 Å². The molecule has 1 saturated carbocycles. The second-order valence-corrected chi connectivity index (χ2v) is 4.37. The van der Waals surface area contributed by atoms with Gasteiger partial charge in [-0.15, -0.1) is 0 Å². The van der Waals surface area contributed by atoms with Gasteiger partial charge in [0.05, 0.1) is 16.0 Å². The largest absolute Gasteiger partial charge is 0.356 e. The predicted octanol–water partition coefficient (Wildman–Crippen LogP) is 2.29. The number of nitrogens with zero attached hydrogens (tertiary/aromatic N) is 2. The van der Waals surface area contributed by atoms with Crippen LogP contribution >= 0.6 is 0 Å². The Kier molecular flexibility index (Phi) is 2.21. The van der Waals surface area contributed by atoms with Crippen molar-refractivity contribution in [3.63, 3.8) is 0 Å². The van der Waals surface area contributed by atoms with E-state index in [-0.39, 0.29) is 5.69 Å². The molecular formula is C11H12N4O2. The molecule has 88 valence electrons. The van der Waals surface area contributed by atoms with E-state index in [0.717, 1.165) is 18.0 Å². The predicted molar refractivity (Wildman–Crippen MR) is 64.0 cm³/mol. The van der Waals surface area contributed by atoms with Gasteiger partial charge in [0.2, 0.25) is 5.95 Å². The molecule has 0 saturated heterocycles. The van der Waals surface area contributed by atoms with Crippen LogP contribution in [0.1, 0.15) is 12.8 Å². The fourth-order valence-electron chi connectivity index (χ4n) is 1.76. The van der Waals surface area contributed by atoms with E-state index >= 15 is 0 Å². The molecule has 1 aromatic carbocycles. The average Bonchev–Trinajstić information content (AvgIpc) is 3.04. The standard InChI is InChI=1S/C11H12N4O2/c16-15(17)8-3-4-9-10(5-8)14-11(13-9)12-6-7-1-2-7/h3-5,7H,1-2,6H2,(H2,12,13,14). The van der Waals surface area contributed by atoms with Crippen molar-refractivity contribution in [2.75, 3.05) is 11.9 Å². The number of nitro benzene ring substituents is 1. The third-order valence-corrected chi connectivity index (χ3v) is 2.93. The summed E-state index contributed by atoms with van der Waals surface area (Å²) in [6.07, 6.45) is 2.55. The summed E-state index contributed by atoms with van der Waals surface area (Å²) in [7, 11) is 0. The molecule has 17 heavy (non-hydrogen) atoms. The van der Waals surface area contributed by atoms with Gasteiger partial charge in [0.1, 0.15) is 0 Å². The second kappa shape index (κ2) is 3.73. The van der Waals surface area contributed by atoms with Gasteiger partial charge in [-0.2, -0.15) is 0 Å². The minimum absolute atomic E-state index is 0.0786. The summed E-state index contributed by atoms with van der Waals surface area (Å²) in [6.45, 7) is 0.919. The van der Waals surface area contributed by atoms with E-state index < -0.39 is 4.92 Å². The minimum atomic E-state index is -0.405. The zero-order valence-electron chi connectivity index (χ0n) is 9.14. The number of aromatic amines is 1. The van der Waals surface area contributed by atoms with Crippen LogP contribution in [-0.2, 0) is 0 Å². The Balaban J connectivity index is 1.86. The van der Waals surface area contributed by atoms with Gasteiger partial charge in [-0.1, -0.05) is 0 Å². The van der Waals surface area contributed by atoms with Gasteiger partial charge in [0.15, 0.2) is 0 Å². The summed E-state index contributed by atoms with van der Waals surface area (Å²) in [5.41, 5.74) is 1.52. The van der Waals surface area contributed by atoms with Crippen molar-refractivity contribution in [1.82, 2.24) is 9.97 Å². The Hall–Kier alpha value is -2.11. The van der Waals surface area contributed by atoms with E-state index in [9.17, 15) is 10.1 Å². The van der Waals surface area contributed by atoms with Crippen LogP contribution in [0.3, 0.4) is 0 Å². The van der Waals surface area contributed by atoms with Gasteiger partial charge < -0.3 is 10.3 Å². The van der Waals surface area contributed by atoms with Crippen molar-refractivity contribution in [1.29, 1.82) is 0 Å². The van der Waals surface area contributed by atoms with Crippen LogP contribution in [0, 0.1) is 16.0 Å². The molecule has 1 heterocycles. The average molecular weight is 232 g/mol. The zero-order valence-corrected chi connectivity index (χ0v) is 9.14. The normalized spacial score (nSPS) is 15.1. The number of hydrogen-bond donors (Lipinski definition) is 2. The smallest absolute Gasteiger partial charge is 0.271 e. The van der Waals surface area contributed by atoms with Crippen molar-refractivity contribution in [2.45, 2.75) is 12.8 Å². The third kappa shape index (κ3) is 2.06. The van der Waals surface area contributed by atoms with Gasteiger partial charge in [-0.25, -0.2) is 4.98 Å². The molecule has 0 spiro atoms. The molecule has 0 bridgehead atoms. The lowest BCUT2D eigenvalue weighted by molar-refractivity contribution is -0.384. The first kappa shape index (κ1) is 10.1. The highest BCUT2D eigenvalue weighted by Gasteiger charge is 2.21. The minimum Gasteiger partial charge on any atom is -0.356 e. The van der Waals surface area contributed by atoms with E-state index in [4.69, 9.17) is 0 Å². The lowest BCUT2D eigenvalue weighted by Crippen LogP contribution is -2.04. The number of imidazole rings is 1. The molecule has 2 aromatic rings. The second-order valence-electron chi connectivity index (χ2n) is 4.37. The maximum atomic E-state index is 10.6. The van der Waals surface area contributed by atoms with Gasteiger partial charge in [-0.05, 0) is 24.8 Å². The van der Waals surface area contributed by atoms with Gasteiger partial charge in [-0.3, -0.25) is 10.1 Å². The molecule has 6 heteroatoms. The van der Waals surface area contributed by atoms with E-state index in [1.54, 1.807) is 6.07 Å². The number of benzene rings is 1. The molecule has 0 radical (unpaired) electrons. The Bertz CT molecular complexity index is 574. The fraction of sp³-hybridized carbons (Fsp3) is 0.364. The fourth-order valence-corrected chi connectivity index (χ4v) is 1.76. The summed E-state index contributed by atoms with van der Waals surface area (Å²) in [5.74, 6) is 1.45. The highest BCUT2D eigenvalue weighted by Crippen LogP contribution is 2.29. The molecule has 2 N–H and O–H groups in total. The maximum absolute atomic E-state index is 10.6. The number of fused-ring (bicyclic) bond motifs is 1. The van der Waals surface area contributed by atoms with Crippen LogP contribution in [0.25, 0.3) is 11.0 Å². The van der Waals surface area contributed by atoms with E-state index in [2.05, 4.69) is 15.3 Å². The molecule has 0 aliphatic heterocycles. The molecule has 1 aromatic heterocycles. The van der Waals surface area contributed by atoms with Crippen molar-refractivity contribution < 1.29 is 4.92 Å². The molecule has 1 aliphatic rings. The summed E-state index contributed by atoms with van der Waals surface area (Å²) < 4.78 is 0. The number of nitrogens with one attached hydrogen (secondary N) is 2. The van der Waals surface area contributed by atoms with Crippen molar-refractivity contribution in [3.8, 4) is 0 Å². The number of aromatic nitrogens is 2. The highest BCUT2D eigenvalue weighted by atomic mass is 16.6. The Morgan fingerprint density at radius 1 is 1.53 bits per heavy atom. The highest BCUT2D eigenvalue weighted by molar-refractivity contribution is 5.79. The SMILES string of the molecule is O=[N+]([O-])c1ccc2nc(NCC3CC3)[nH]c2c1. The van der Waals surface area contributed by atoms with E-state index in [1.165, 1.54) is 25.0 Å². The molecular weight excluding hydrogens is 220 g/mol. The first-order valence-electron chi connectivity index (χ1n) is 5.60. The topological polar surface area (TPSA) is 83.8 Å². The zero-order chi connectivity index (χ0) is 11.8. The number of hydrogen-bond acceptors (Lipinski definition) is 4. The van der Waals surface area contributed by atoms with E-state index in [1.807, 2.05) is 0 Å². The summed E-state index contributed by atoms with van der Waals surface area (Å²) in [4.78, 5) is 17.6. The summed E-state index contributed by atoms with van der Waals surface area (Å²) >= 11 is 0. The summed E-state index contributed by atoms with van der Waals surface area (Å²) in [5, 5.41) is 13.8. The molecule has 0 unspecified atom stereocenters. The van der Waals surface area contributed by atoms with Crippen LogP contribution < -0.4 is 5.32 Å². The monoisotopic (exact) mass is 232 g/mol. The quantitative estimate of drug-likeness (QED) is 0.625. The van der Waals surface area contributed by atoms with E-state index in [0.29, 0.717) is 11.5 Å². The number of H-pyrrole nitrogens is 1. The molecule has 1 aliphatic carbocycles. The lowest BCUT2D eigenvalue weighted by Gasteiger charge is -1.98. The van der Waals surface area contributed by atoms with Gasteiger partial charge in [0, 0.05) is 18.7 Å². The molecule has 3 rings (SSSR count). The van der Waals surface area contributed by atoms with Crippen LogP contribution in [0.4, 0.5) is 11.6 Å². The van der Waals surface area contributed by atoms with Crippen LogP contribution in [0.5, 0.6) is 0 Å². The number of nitro groups is 1. The third-order valence-electron chi connectivity index (χ3n) is 2.93. The van der Waals surface area contributed by atoms with Crippen LogP contribution in [-0.4, -0.2) is 21.4 Å². The van der Waals surface area contributed by atoms with Crippen LogP contribution in [0.15, 0.2) is 18.2 Å². The lowest BCUT2D eigenvalue weighted by atomic mass is 10.3. The molecule has 6 nitrogen and oxygen atoms in total. The van der Waals surface area contributed by atoms with Gasteiger partial charge in [0.25, 0.3) is 5.69 Å². The first-order chi connectivity index (χ1) is 8.22. The number of non-ortho nitro benzene ring substituents is 1. The Morgan fingerprint density at radius 2 is 2.35 bits per heavy atom. The molecule has 0 atom stereocenters. The number of anilines is 1. The summed E-state index contributed by atoms with van der Waals surface area (Å²) in [6, 6.07) is 4.63. The maximum Gasteiger partial charge on any atom is 0.271 e.